The molecule has 21 heavy (non-hydrogen) atoms. The van der Waals surface area contributed by atoms with Gasteiger partial charge in [-0.25, -0.2) is 0 Å². The van der Waals surface area contributed by atoms with Crippen LogP contribution >= 0.6 is 11.6 Å². The van der Waals surface area contributed by atoms with E-state index in [-0.39, 0.29) is 6.04 Å². The third-order valence-corrected chi connectivity index (χ3v) is 5.60. The summed E-state index contributed by atoms with van der Waals surface area (Å²) < 4.78 is 6.16. The number of halogens is 1. The molecule has 0 amide bonds. The standard InChI is InChI=1S/C18H26ClNO/c1-2-17(20)10-14-9-16(19)5-6-18(14)21-11-15-8-12-3-4-13(15)7-12/h5-6,9,12-13,15,17H,2-4,7-8,10-11,20H2,1H3. The summed E-state index contributed by atoms with van der Waals surface area (Å²) in [6, 6.07) is 6.10. The molecule has 2 aliphatic rings. The van der Waals surface area contributed by atoms with Crippen LogP contribution in [0.3, 0.4) is 0 Å². The molecule has 4 unspecified atom stereocenters. The Kier molecular flexibility index (Phi) is 4.75. The van der Waals surface area contributed by atoms with Crippen molar-refractivity contribution in [2.45, 2.75) is 51.5 Å². The molecule has 1 aromatic rings. The van der Waals surface area contributed by atoms with E-state index in [2.05, 4.69) is 6.92 Å². The van der Waals surface area contributed by atoms with E-state index in [0.29, 0.717) is 0 Å². The van der Waals surface area contributed by atoms with Crippen molar-refractivity contribution in [3.8, 4) is 5.75 Å². The predicted octanol–water partition coefficient (Wildman–Crippen LogP) is 4.43. The number of hydrogen-bond acceptors (Lipinski definition) is 2. The van der Waals surface area contributed by atoms with Gasteiger partial charge in [-0.1, -0.05) is 24.9 Å². The molecule has 1 aromatic carbocycles. The lowest BCUT2D eigenvalue weighted by molar-refractivity contribution is 0.194. The molecule has 2 nitrogen and oxygen atoms in total. The van der Waals surface area contributed by atoms with Crippen LogP contribution in [0.4, 0.5) is 0 Å². The van der Waals surface area contributed by atoms with Gasteiger partial charge in [0.2, 0.25) is 0 Å². The molecule has 2 N–H and O–H groups in total. The second kappa shape index (κ2) is 6.58. The van der Waals surface area contributed by atoms with E-state index in [4.69, 9.17) is 22.1 Å². The van der Waals surface area contributed by atoms with Crippen LogP contribution in [0.1, 0.15) is 44.6 Å². The van der Waals surface area contributed by atoms with Gasteiger partial charge in [-0.2, -0.15) is 0 Å². The van der Waals surface area contributed by atoms with Crippen molar-refractivity contribution >= 4 is 11.6 Å². The van der Waals surface area contributed by atoms with Gasteiger partial charge in [0, 0.05) is 11.1 Å². The van der Waals surface area contributed by atoms with E-state index in [1.165, 1.54) is 25.7 Å². The lowest BCUT2D eigenvalue weighted by Crippen LogP contribution is -2.22. The van der Waals surface area contributed by atoms with E-state index in [9.17, 15) is 0 Å². The average Bonchev–Trinajstić information content (AvgIpc) is 3.09. The smallest absolute Gasteiger partial charge is 0.122 e. The average molecular weight is 308 g/mol. The van der Waals surface area contributed by atoms with Gasteiger partial charge in [-0.15, -0.1) is 0 Å². The first kappa shape index (κ1) is 15.2. The van der Waals surface area contributed by atoms with Crippen molar-refractivity contribution in [3.63, 3.8) is 0 Å². The molecule has 3 heteroatoms. The van der Waals surface area contributed by atoms with Gasteiger partial charge in [0.1, 0.15) is 5.75 Å². The van der Waals surface area contributed by atoms with Crippen LogP contribution in [0.25, 0.3) is 0 Å². The first-order chi connectivity index (χ1) is 10.2. The van der Waals surface area contributed by atoms with Crippen molar-refractivity contribution in [1.29, 1.82) is 0 Å². The van der Waals surface area contributed by atoms with E-state index >= 15 is 0 Å². The number of nitrogens with two attached hydrogens (primary N) is 1. The zero-order valence-electron chi connectivity index (χ0n) is 12.9. The third kappa shape index (κ3) is 3.54. The molecule has 2 aliphatic carbocycles. The minimum Gasteiger partial charge on any atom is -0.493 e. The number of rotatable bonds is 6. The highest BCUT2D eigenvalue weighted by atomic mass is 35.5. The van der Waals surface area contributed by atoms with Crippen molar-refractivity contribution in [2.24, 2.45) is 23.5 Å². The van der Waals surface area contributed by atoms with Crippen LogP contribution in [-0.2, 0) is 6.42 Å². The fourth-order valence-electron chi connectivity index (χ4n) is 4.05. The summed E-state index contributed by atoms with van der Waals surface area (Å²) in [4.78, 5) is 0. The molecule has 0 aromatic heterocycles. The van der Waals surface area contributed by atoms with Gasteiger partial charge >= 0.3 is 0 Å². The molecule has 2 bridgehead atoms. The van der Waals surface area contributed by atoms with E-state index in [0.717, 1.165) is 53.5 Å². The first-order valence-corrected chi connectivity index (χ1v) is 8.70. The van der Waals surface area contributed by atoms with Crippen molar-refractivity contribution < 1.29 is 4.74 Å². The highest BCUT2D eigenvalue weighted by Gasteiger charge is 2.39. The maximum Gasteiger partial charge on any atom is 0.122 e. The van der Waals surface area contributed by atoms with Gasteiger partial charge in [0.15, 0.2) is 0 Å². The summed E-state index contributed by atoms with van der Waals surface area (Å²) >= 11 is 6.13. The Morgan fingerprint density at radius 3 is 2.86 bits per heavy atom. The molecule has 0 heterocycles. The topological polar surface area (TPSA) is 35.2 Å². The Morgan fingerprint density at radius 1 is 1.33 bits per heavy atom. The normalized spacial score (nSPS) is 28.8. The molecule has 0 aliphatic heterocycles. The highest BCUT2D eigenvalue weighted by molar-refractivity contribution is 6.30. The van der Waals surface area contributed by atoms with E-state index < -0.39 is 0 Å². The Morgan fingerprint density at radius 2 is 2.19 bits per heavy atom. The molecule has 4 atom stereocenters. The van der Waals surface area contributed by atoms with Crippen molar-refractivity contribution in [2.75, 3.05) is 6.61 Å². The highest BCUT2D eigenvalue weighted by Crippen LogP contribution is 2.48. The lowest BCUT2D eigenvalue weighted by Gasteiger charge is -2.23. The molecular formula is C18H26ClNO. The van der Waals surface area contributed by atoms with E-state index in [1.807, 2.05) is 18.2 Å². The Labute approximate surface area is 133 Å². The quantitative estimate of drug-likeness (QED) is 0.843. The van der Waals surface area contributed by atoms with Crippen molar-refractivity contribution in [3.05, 3.63) is 28.8 Å². The summed E-state index contributed by atoms with van der Waals surface area (Å²) in [5.74, 6) is 3.61. The van der Waals surface area contributed by atoms with Gasteiger partial charge < -0.3 is 10.5 Å². The first-order valence-electron chi connectivity index (χ1n) is 8.32. The zero-order valence-corrected chi connectivity index (χ0v) is 13.6. The number of hydrogen-bond donors (Lipinski definition) is 1. The van der Waals surface area contributed by atoms with Crippen LogP contribution in [-0.4, -0.2) is 12.6 Å². The van der Waals surface area contributed by atoms with Gasteiger partial charge in [-0.3, -0.25) is 0 Å². The minimum absolute atomic E-state index is 0.174. The lowest BCUT2D eigenvalue weighted by atomic mass is 9.89. The number of fused-ring (bicyclic) bond motifs is 2. The number of benzene rings is 1. The maximum absolute atomic E-state index is 6.16. The second-order valence-corrected chi connectivity index (χ2v) is 7.31. The van der Waals surface area contributed by atoms with Crippen LogP contribution in [0.15, 0.2) is 18.2 Å². The van der Waals surface area contributed by atoms with Crippen LogP contribution in [0.5, 0.6) is 5.75 Å². The molecule has 0 radical (unpaired) electrons. The summed E-state index contributed by atoms with van der Waals surface area (Å²) in [5.41, 5.74) is 7.25. The van der Waals surface area contributed by atoms with E-state index in [1.54, 1.807) is 0 Å². The largest absolute Gasteiger partial charge is 0.493 e. The van der Waals surface area contributed by atoms with Crippen LogP contribution in [0, 0.1) is 17.8 Å². The maximum atomic E-state index is 6.16. The van der Waals surface area contributed by atoms with Gasteiger partial charge in [0.05, 0.1) is 6.61 Å². The molecule has 2 fully saturated rings. The zero-order chi connectivity index (χ0) is 14.8. The fourth-order valence-corrected chi connectivity index (χ4v) is 4.25. The number of ether oxygens (including phenoxy) is 1. The monoisotopic (exact) mass is 307 g/mol. The van der Waals surface area contributed by atoms with Crippen LogP contribution < -0.4 is 10.5 Å². The van der Waals surface area contributed by atoms with Crippen LogP contribution in [0.2, 0.25) is 5.02 Å². The molecule has 0 spiro atoms. The fraction of sp³-hybridized carbons (Fsp3) is 0.667. The molecule has 3 rings (SSSR count). The summed E-state index contributed by atoms with van der Waals surface area (Å²) in [6.45, 7) is 2.97. The second-order valence-electron chi connectivity index (χ2n) is 6.87. The van der Waals surface area contributed by atoms with Crippen molar-refractivity contribution in [1.82, 2.24) is 0 Å². The molecule has 2 saturated carbocycles. The van der Waals surface area contributed by atoms with Gasteiger partial charge in [0.25, 0.3) is 0 Å². The Bertz CT molecular complexity index is 490. The summed E-state index contributed by atoms with van der Waals surface area (Å²) in [7, 11) is 0. The Hall–Kier alpha value is -0.730. The molecule has 0 saturated heterocycles. The predicted molar refractivity (Wildman–Crippen MR) is 87.9 cm³/mol. The molecular weight excluding hydrogens is 282 g/mol. The summed E-state index contributed by atoms with van der Waals surface area (Å²) in [6.07, 6.45) is 7.46. The minimum atomic E-state index is 0.174. The third-order valence-electron chi connectivity index (χ3n) is 5.37. The SMILES string of the molecule is CCC(N)Cc1cc(Cl)ccc1OCC1CC2CCC1C2. The molecule has 116 valence electrons. The summed E-state index contributed by atoms with van der Waals surface area (Å²) in [5, 5.41) is 0.764. The Balaban J connectivity index is 1.64. The van der Waals surface area contributed by atoms with Gasteiger partial charge in [-0.05, 0) is 73.6 Å².